The third-order valence-electron chi connectivity index (χ3n) is 3.71. The normalized spacial score (nSPS) is 16.7. The number of benzene rings is 1. The van der Waals surface area contributed by atoms with Gasteiger partial charge in [0, 0.05) is 18.5 Å². The molecule has 1 aromatic carbocycles. The smallest absolute Gasteiger partial charge is 0.0839 e. The lowest BCUT2D eigenvalue weighted by molar-refractivity contribution is 0.313. The molecule has 98 valence electrons. The average molecular weight is 261 g/mol. The largest absolute Gasteiger partial charge is 0.366 e. The van der Waals surface area contributed by atoms with E-state index >= 15 is 0 Å². The van der Waals surface area contributed by atoms with Gasteiger partial charge in [-0.3, -0.25) is 0 Å². The van der Waals surface area contributed by atoms with Crippen molar-refractivity contribution in [1.29, 1.82) is 0 Å². The Morgan fingerprint density at radius 1 is 1.11 bits per heavy atom. The van der Waals surface area contributed by atoms with Crippen LogP contribution in [0.25, 0.3) is 0 Å². The Morgan fingerprint density at radius 3 is 2.33 bits per heavy atom. The lowest BCUT2D eigenvalue weighted by Crippen LogP contribution is -2.43. The Balaban J connectivity index is 2.03. The third-order valence-corrected chi connectivity index (χ3v) is 4.52. The van der Waals surface area contributed by atoms with E-state index in [1.165, 1.54) is 24.8 Å². The SMILES string of the molecule is CC(C)(Cc1ccccc1)C(=S)N1CCCCC1. The van der Waals surface area contributed by atoms with E-state index in [0.29, 0.717) is 0 Å². The van der Waals surface area contributed by atoms with Gasteiger partial charge in [-0.25, -0.2) is 0 Å². The Hall–Kier alpha value is -0.890. The Morgan fingerprint density at radius 2 is 1.72 bits per heavy atom. The highest BCUT2D eigenvalue weighted by Crippen LogP contribution is 2.27. The van der Waals surface area contributed by atoms with E-state index in [9.17, 15) is 0 Å². The minimum absolute atomic E-state index is 0.0774. The summed E-state index contributed by atoms with van der Waals surface area (Å²) in [6, 6.07) is 10.7. The lowest BCUT2D eigenvalue weighted by Gasteiger charge is -2.37. The summed E-state index contributed by atoms with van der Waals surface area (Å²) in [5.74, 6) is 0. The maximum Gasteiger partial charge on any atom is 0.0839 e. The molecule has 18 heavy (non-hydrogen) atoms. The molecule has 1 aliphatic rings. The molecule has 0 amide bonds. The molecule has 2 heteroatoms. The van der Waals surface area contributed by atoms with Crippen molar-refractivity contribution in [3.8, 4) is 0 Å². The van der Waals surface area contributed by atoms with Gasteiger partial charge in [-0.05, 0) is 31.2 Å². The Bertz CT molecular complexity index is 391. The highest BCUT2D eigenvalue weighted by Gasteiger charge is 2.28. The summed E-state index contributed by atoms with van der Waals surface area (Å²) < 4.78 is 0. The van der Waals surface area contributed by atoms with Crippen LogP contribution in [0.3, 0.4) is 0 Å². The standard InChI is InChI=1S/C16H23NS/c1-16(2,13-14-9-5-3-6-10-14)15(18)17-11-7-4-8-12-17/h3,5-6,9-10H,4,7-8,11-13H2,1-2H3. The molecule has 1 heterocycles. The highest BCUT2D eigenvalue weighted by molar-refractivity contribution is 7.80. The van der Waals surface area contributed by atoms with Crippen molar-refractivity contribution in [2.75, 3.05) is 13.1 Å². The molecule has 0 atom stereocenters. The van der Waals surface area contributed by atoms with Crippen LogP contribution < -0.4 is 0 Å². The lowest BCUT2D eigenvalue weighted by atomic mass is 9.84. The van der Waals surface area contributed by atoms with Crippen LogP contribution in [-0.2, 0) is 6.42 Å². The van der Waals surface area contributed by atoms with E-state index in [1.54, 1.807) is 0 Å². The van der Waals surface area contributed by atoms with Crippen molar-refractivity contribution in [1.82, 2.24) is 4.90 Å². The Labute approximate surface area is 116 Å². The van der Waals surface area contributed by atoms with Crippen molar-refractivity contribution in [2.24, 2.45) is 5.41 Å². The number of hydrogen-bond acceptors (Lipinski definition) is 1. The molecule has 0 spiro atoms. The van der Waals surface area contributed by atoms with Crippen molar-refractivity contribution >= 4 is 17.2 Å². The second kappa shape index (κ2) is 5.83. The van der Waals surface area contributed by atoms with Crippen LogP contribution in [0.5, 0.6) is 0 Å². The van der Waals surface area contributed by atoms with Crippen molar-refractivity contribution in [2.45, 2.75) is 39.5 Å². The molecular formula is C16H23NS. The maximum absolute atomic E-state index is 5.74. The molecule has 0 saturated carbocycles. The first-order valence-electron chi connectivity index (χ1n) is 6.93. The van der Waals surface area contributed by atoms with Crippen LogP contribution in [-0.4, -0.2) is 23.0 Å². The third kappa shape index (κ3) is 3.32. The van der Waals surface area contributed by atoms with E-state index in [0.717, 1.165) is 24.5 Å². The fourth-order valence-electron chi connectivity index (χ4n) is 2.71. The van der Waals surface area contributed by atoms with Crippen LogP contribution in [0.2, 0.25) is 0 Å². The van der Waals surface area contributed by atoms with Crippen molar-refractivity contribution in [3.63, 3.8) is 0 Å². The summed E-state index contributed by atoms with van der Waals surface area (Å²) in [5.41, 5.74) is 1.45. The molecule has 0 N–H and O–H groups in total. The molecule has 1 aromatic rings. The van der Waals surface area contributed by atoms with Gasteiger partial charge in [-0.15, -0.1) is 0 Å². The fraction of sp³-hybridized carbons (Fsp3) is 0.562. The van der Waals surface area contributed by atoms with E-state index in [1.807, 2.05) is 0 Å². The maximum atomic E-state index is 5.74. The van der Waals surface area contributed by atoms with Gasteiger partial charge in [0.1, 0.15) is 0 Å². The van der Waals surface area contributed by atoms with E-state index in [4.69, 9.17) is 12.2 Å². The molecule has 1 aliphatic heterocycles. The number of rotatable bonds is 3. The van der Waals surface area contributed by atoms with Crippen LogP contribution in [0.4, 0.5) is 0 Å². The topological polar surface area (TPSA) is 3.24 Å². The van der Waals surface area contributed by atoms with Crippen molar-refractivity contribution in [3.05, 3.63) is 35.9 Å². The first-order valence-corrected chi connectivity index (χ1v) is 7.34. The van der Waals surface area contributed by atoms with E-state index < -0.39 is 0 Å². The van der Waals surface area contributed by atoms with Gasteiger partial charge in [0.25, 0.3) is 0 Å². The second-order valence-electron chi connectivity index (χ2n) is 5.90. The number of thiocarbonyl (C=S) groups is 1. The molecule has 2 rings (SSSR count). The second-order valence-corrected chi connectivity index (χ2v) is 6.29. The summed E-state index contributed by atoms with van der Waals surface area (Å²) in [6.07, 6.45) is 4.98. The first-order chi connectivity index (χ1) is 8.59. The number of nitrogens with zero attached hydrogens (tertiary/aromatic N) is 1. The average Bonchev–Trinajstić information content (AvgIpc) is 2.39. The van der Waals surface area contributed by atoms with Gasteiger partial charge in [-0.2, -0.15) is 0 Å². The van der Waals surface area contributed by atoms with Crippen molar-refractivity contribution < 1.29 is 0 Å². The molecule has 0 radical (unpaired) electrons. The van der Waals surface area contributed by atoms with Gasteiger partial charge in [0.15, 0.2) is 0 Å². The monoisotopic (exact) mass is 261 g/mol. The molecule has 0 bridgehead atoms. The van der Waals surface area contributed by atoms with Crippen LogP contribution >= 0.6 is 12.2 Å². The predicted molar refractivity (Wildman–Crippen MR) is 81.9 cm³/mol. The summed E-state index contributed by atoms with van der Waals surface area (Å²) in [7, 11) is 0. The molecule has 0 aromatic heterocycles. The number of piperidine rings is 1. The Kier molecular flexibility index (Phi) is 4.39. The molecule has 1 nitrogen and oxygen atoms in total. The quantitative estimate of drug-likeness (QED) is 0.755. The van der Waals surface area contributed by atoms with Crippen LogP contribution in [0, 0.1) is 5.41 Å². The first kappa shape index (κ1) is 13.5. The van der Waals surface area contributed by atoms with Crippen LogP contribution in [0.15, 0.2) is 30.3 Å². The summed E-state index contributed by atoms with van der Waals surface area (Å²) in [5, 5.41) is 0. The minimum Gasteiger partial charge on any atom is -0.366 e. The molecular weight excluding hydrogens is 238 g/mol. The molecule has 1 fully saturated rings. The molecule has 1 saturated heterocycles. The summed E-state index contributed by atoms with van der Waals surface area (Å²) >= 11 is 5.74. The van der Waals surface area contributed by atoms with Gasteiger partial charge >= 0.3 is 0 Å². The number of likely N-dealkylation sites (tertiary alicyclic amines) is 1. The minimum atomic E-state index is 0.0774. The zero-order valence-electron chi connectivity index (χ0n) is 11.5. The van der Waals surface area contributed by atoms with Gasteiger partial charge < -0.3 is 4.90 Å². The van der Waals surface area contributed by atoms with E-state index in [2.05, 4.69) is 49.1 Å². The molecule has 0 aliphatic carbocycles. The van der Waals surface area contributed by atoms with Gasteiger partial charge in [0.05, 0.1) is 4.99 Å². The fourth-order valence-corrected chi connectivity index (χ4v) is 2.96. The highest BCUT2D eigenvalue weighted by atomic mass is 32.1. The van der Waals surface area contributed by atoms with Crippen LogP contribution in [0.1, 0.15) is 38.7 Å². The number of hydrogen-bond donors (Lipinski definition) is 0. The zero-order chi connectivity index (χ0) is 13.0. The summed E-state index contributed by atoms with van der Waals surface area (Å²) in [6.45, 7) is 6.85. The van der Waals surface area contributed by atoms with Gasteiger partial charge in [0.2, 0.25) is 0 Å². The van der Waals surface area contributed by atoms with Gasteiger partial charge in [-0.1, -0.05) is 56.4 Å². The summed E-state index contributed by atoms with van der Waals surface area (Å²) in [4.78, 5) is 3.56. The van der Waals surface area contributed by atoms with E-state index in [-0.39, 0.29) is 5.41 Å². The predicted octanol–water partition coefficient (Wildman–Crippen LogP) is 4.07. The zero-order valence-corrected chi connectivity index (χ0v) is 12.3. The molecule has 0 unspecified atom stereocenters.